The number of rotatable bonds is 8. The van der Waals surface area contributed by atoms with Gasteiger partial charge < -0.3 is 15.4 Å². The molecule has 0 bridgehead atoms. The van der Waals surface area contributed by atoms with Crippen LogP contribution in [0.15, 0.2) is 95.9 Å². The minimum atomic E-state index is -4.71. The van der Waals surface area contributed by atoms with Crippen LogP contribution in [0.4, 0.5) is 30.2 Å². The summed E-state index contributed by atoms with van der Waals surface area (Å²) in [4.78, 5) is 25.0. The molecule has 0 aliphatic rings. The molecule has 4 rings (SSSR count). The molecule has 4 aromatic rings. The zero-order valence-corrected chi connectivity index (χ0v) is 22.7. The number of hydrogen-bond donors (Lipinski definition) is 3. The second-order valence-electron chi connectivity index (χ2n) is 8.54. The van der Waals surface area contributed by atoms with Crippen molar-refractivity contribution in [3.05, 3.63) is 113 Å². The van der Waals surface area contributed by atoms with E-state index in [1.807, 2.05) is 4.72 Å². The number of halogens is 4. The van der Waals surface area contributed by atoms with Gasteiger partial charge in [0, 0.05) is 22.5 Å². The van der Waals surface area contributed by atoms with Crippen molar-refractivity contribution in [1.82, 2.24) is 0 Å². The lowest BCUT2D eigenvalue weighted by Crippen LogP contribution is -2.17. The maximum Gasteiger partial charge on any atom is 0.416 e. The molecule has 0 aromatic heterocycles. The normalized spacial score (nSPS) is 11.4. The molecule has 0 aliphatic carbocycles. The molecule has 0 unspecified atom stereocenters. The topological polar surface area (TPSA) is 114 Å². The number of alkyl halides is 3. The number of sulfonamides is 1. The predicted molar refractivity (Wildman–Crippen MR) is 149 cm³/mol. The van der Waals surface area contributed by atoms with E-state index in [0.717, 1.165) is 18.2 Å². The van der Waals surface area contributed by atoms with E-state index in [1.165, 1.54) is 49.6 Å². The lowest BCUT2D eigenvalue weighted by atomic mass is 10.1. The Morgan fingerprint density at radius 1 is 0.780 bits per heavy atom. The average Bonchev–Trinajstić information content (AvgIpc) is 2.94. The molecule has 0 saturated heterocycles. The van der Waals surface area contributed by atoms with Gasteiger partial charge >= 0.3 is 6.18 Å². The third-order valence-electron chi connectivity index (χ3n) is 5.70. The second kappa shape index (κ2) is 11.9. The SMILES string of the molecule is COc1ccc(NC(=O)c2ccc(NC(=O)c3cccc(S(=O)(=O)Nc4cc(C(F)(F)F)ccc4Cl)c3)cc2)cc1. The highest BCUT2D eigenvalue weighted by molar-refractivity contribution is 7.92. The van der Waals surface area contributed by atoms with Gasteiger partial charge in [-0.2, -0.15) is 13.2 Å². The Balaban J connectivity index is 1.44. The summed E-state index contributed by atoms with van der Waals surface area (Å²) < 4.78 is 72.1. The van der Waals surface area contributed by atoms with Gasteiger partial charge in [-0.15, -0.1) is 0 Å². The summed E-state index contributed by atoms with van der Waals surface area (Å²) in [5, 5.41) is 5.10. The molecular weight excluding hydrogens is 583 g/mol. The Labute approximate surface area is 238 Å². The Morgan fingerprint density at radius 3 is 1.95 bits per heavy atom. The van der Waals surface area contributed by atoms with E-state index in [4.69, 9.17) is 16.3 Å². The van der Waals surface area contributed by atoms with Crippen LogP contribution in [-0.2, 0) is 16.2 Å². The molecule has 0 aliphatic heterocycles. The maximum atomic E-state index is 13.1. The fourth-order valence-electron chi connectivity index (χ4n) is 3.57. The van der Waals surface area contributed by atoms with Gasteiger partial charge in [-0.25, -0.2) is 8.42 Å². The van der Waals surface area contributed by atoms with Crippen molar-refractivity contribution in [2.75, 3.05) is 22.5 Å². The number of methoxy groups -OCH3 is 1. The van der Waals surface area contributed by atoms with E-state index in [-0.39, 0.29) is 21.4 Å². The van der Waals surface area contributed by atoms with Crippen molar-refractivity contribution >= 4 is 50.5 Å². The van der Waals surface area contributed by atoms with E-state index >= 15 is 0 Å². The molecule has 212 valence electrons. The van der Waals surface area contributed by atoms with Crippen molar-refractivity contribution < 1.29 is 35.9 Å². The Bertz CT molecular complexity index is 1690. The molecule has 4 aromatic carbocycles. The van der Waals surface area contributed by atoms with E-state index in [1.54, 1.807) is 24.3 Å². The standard InChI is InChI=1S/C28H21ClF3N3O5S/c1-40-22-12-10-21(11-13-22)33-26(36)17-5-8-20(9-6-17)34-27(37)18-3-2-4-23(15-18)41(38,39)35-25-16-19(28(30,31)32)7-14-24(25)29/h2-16,35H,1H3,(H,33,36)(H,34,37). The number of hydrogen-bond acceptors (Lipinski definition) is 5. The van der Waals surface area contributed by atoms with Gasteiger partial charge in [0.15, 0.2) is 0 Å². The van der Waals surface area contributed by atoms with Crippen LogP contribution in [0.25, 0.3) is 0 Å². The highest BCUT2D eigenvalue weighted by atomic mass is 35.5. The maximum absolute atomic E-state index is 13.1. The third-order valence-corrected chi connectivity index (χ3v) is 7.39. The summed E-state index contributed by atoms with van der Waals surface area (Å²) >= 11 is 5.91. The predicted octanol–water partition coefficient (Wildman–Crippen LogP) is 6.67. The van der Waals surface area contributed by atoms with Crippen LogP contribution in [-0.4, -0.2) is 27.3 Å². The monoisotopic (exact) mass is 603 g/mol. The van der Waals surface area contributed by atoms with E-state index in [0.29, 0.717) is 28.8 Å². The van der Waals surface area contributed by atoms with E-state index < -0.39 is 33.4 Å². The fourth-order valence-corrected chi connectivity index (χ4v) is 4.91. The molecule has 8 nitrogen and oxygen atoms in total. The number of ether oxygens (including phenoxy) is 1. The van der Waals surface area contributed by atoms with Gasteiger partial charge in [-0.3, -0.25) is 14.3 Å². The van der Waals surface area contributed by atoms with Crippen LogP contribution in [0.1, 0.15) is 26.3 Å². The van der Waals surface area contributed by atoms with Crippen LogP contribution in [0.5, 0.6) is 5.75 Å². The number of benzene rings is 4. The Hall–Kier alpha value is -4.55. The smallest absolute Gasteiger partial charge is 0.416 e. The molecule has 0 fully saturated rings. The van der Waals surface area contributed by atoms with Crippen molar-refractivity contribution in [3.63, 3.8) is 0 Å². The Kier molecular flexibility index (Phi) is 8.55. The summed E-state index contributed by atoms with van der Waals surface area (Å²) in [5.41, 5.74) is -0.369. The Morgan fingerprint density at radius 2 is 1.37 bits per heavy atom. The molecule has 3 N–H and O–H groups in total. The first-order chi connectivity index (χ1) is 19.4. The summed E-state index contributed by atoms with van der Waals surface area (Å²) in [5.74, 6) is -0.392. The highest BCUT2D eigenvalue weighted by Gasteiger charge is 2.31. The lowest BCUT2D eigenvalue weighted by molar-refractivity contribution is -0.137. The first-order valence-corrected chi connectivity index (χ1v) is 13.6. The van der Waals surface area contributed by atoms with Crippen LogP contribution in [0.3, 0.4) is 0 Å². The summed E-state index contributed by atoms with van der Waals surface area (Å²) in [6, 6.07) is 19.9. The van der Waals surface area contributed by atoms with Crippen LogP contribution in [0.2, 0.25) is 5.02 Å². The number of amides is 2. The van der Waals surface area contributed by atoms with Crippen LogP contribution >= 0.6 is 11.6 Å². The number of nitrogens with one attached hydrogen (secondary N) is 3. The van der Waals surface area contributed by atoms with E-state index in [9.17, 15) is 31.2 Å². The summed E-state index contributed by atoms with van der Waals surface area (Å²) in [6.45, 7) is 0. The molecule has 0 radical (unpaired) electrons. The quantitative estimate of drug-likeness (QED) is 0.208. The molecule has 0 spiro atoms. The van der Waals surface area contributed by atoms with Crippen LogP contribution < -0.4 is 20.1 Å². The van der Waals surface area contributed by atoms with Gasteiger partial charge in [0.25, 0.3) is 21.8 Å². The first kappa shape index (κ1) is 29.4. The van der Waals surface area contributed by atoms with Crippen molar-refractivity contribution in [2.24, 2.45) is 0 Å². The first-order valence-electron chi connectivity index (χ1n) is 11.7. The van der Waals surface area contributed by atoms with Gasteiger partial charge in [-0.1, -0.05) is 17.7 Å². The van der Waals surface area contributed by atoms with Crippen molar-refractivity contribution in [3.8, 4) is 5.75 Å². The highest BCUT2D eigenvalue weighted by Crippen LogP contribution is 2.34. The minimum absolute atomic E-state index is 0.0376. The van der Waals surface area contributed by atoms with Crippen molar-refractivity contribution in [1.29, 1.82) is 0 Å². The largest absolute Gasteiger partial charge is 0.497 e. The summed E-state index contributed by atoms with van der Waals surface area (Å²) in [7, 11) is -2.87. The molecule has 0 heterocycles. The zero-order chi connectivity index (χ0) is 29.8. The van der Waals surface area contributed by atoms with Crippen LogP contribution in [0, 0.1) is 0 Å². The van der Waals surface area contributed by atoms with Gasteiger partial charge in [0.05, 0.1) is 28.3 Å². The van der Waals surface area contributed by atoms with Gasteiger partial charge in [0.2, 0.25) is 0 Å². The average molecular weight is 604 g/mol. The lowest BCUT2D eigenvalue weighted by Gasteiger charge is -2.13. The number of anilines is 3. The minimum Gasteiger partial charge on any atom is -0.497 e. The molecule has 0 saturated carbocycles. The van der Waals surface area contributed by atoms with Gasteiger partial charge in [0.1, 0.15) is 5.75 Å². The number of carbonyl (C=O) groups excluding carboxylic acids is 2. The summed E-state index contributed by atoms with van der Waals surface area (Å²) in [6.07, 6.45) is -4.71. The van der Waals surface area contributed by atoms with Gasteiger partial charge in [-0.05, 0) is 84.9 Å². The molecule has 2 amide bonds. The van der Waals surface area contributed by atoms with E-state index in [2.05, 4.69) is 10.6 Å². The second-order valence-corrected chi connectivity index (χ2v) is 10.6. The third kappa shape index (κ3) is 7.35. The zero-order valence-electron chi connectivity index (χ0n) is 21.1. The number of carbonyl (C=O) groups is 2. The van der Waals surface area contributed by atoms with Crippen molar-refractivity contribution in [2.45, 2.75) is 11.1 Å². The molecular formula is C28H21ClF3N3O5S. The molecule has 41 heavy (non-hydrogen) atoms. The molecule has 13 heteroatoms. The molecule has 0 atom stereocenters. The fraction of sp³-hybridized carbons (Fsp3) is 0.0714.